The summed E-state index contributed by atoms with van der Waals surface area (Å²) in [6.45, 7) is 4.85. The number of pyridine rings is 1. The number of hydrogen-bond acceptors (Lipinski definition) is 8. The molecular weight excluding hydrogens is 584 g/mol. The highest BCUT2D eigenvalue weighted by Gasteiger charge is 2.60. The van der Waals surface area contributed by atoms with Gasteiger partial charge in [0.1, 0.15) is 17.0 Å². The molecule has 2 N–H and O–H groups in total. The van der Waals surface area contributed by atoms with E-state index < -0.39 is 69.8 Å². The van der Waals surface area contributed by atoms with Crippen LogP contribution < -0.4 is 10.2 Å². The predicted molar refractivity (Wildman–Crippen MR) is 141 cm³/mol. The van der Waals surface area contributed by atoms with Crippen LogP contribution in [0, 0.1) is 0 Å². The average molecular weight is 614 g/mol. The number of aromatic nitrogens is 3. The maximum absolute atomic E-state index is 14.5. The Bertz CT molecular complexity index is 1520. The SMILES string of the molecule is CC(C)(C)OC(=O)Nc1cc(C(F)(F)F)c2nc1-c1nnc(o1)C(O)(C(F)(F)F)c1cccc(c1)CCC[C@@H]1CCCN21. The van der Waals surface area contributed by atoms with E-state index in [0.29, 0.717) is 43.7 Å². The number of aliphatic hydroxyl groups is 1. The van der Waals surface area contributed by atoms with Crippen molar-refractivity contribution in [3.63, 3.8) is 0 Å². The number of rotatable bonds is 1. The quantitative estimate of drug-likeness (QED) is 0.295. The first-order chi connectivity index (χ1) is 20.0. The highest BCUT2D eigenvalue weighted by atomic mass is 19.4. The summed E-state index contributed by atoms with van der Waals surface area (Å²) in [6, 6.07) is 5.51. The van der Waals surface area contributed by atoms with Gasteiger partial charge in [-0.3, -0.25) is 5.32 Å². The Morgan fingerprint density at radius 2 is 1.81 bits per heavy atom. The maximum Gasteiger partial charge on any atom is 0.430 e. The van der Waals surface area contributed by atoms with E-state index in [1.165, 1.54) is 37.8 Å². The number of alkyl halides is 6. The van der Waals surface area contributed by atoms with Gasteiger partial charge in [0.25, 0.3) is 17.4 Å². The molecular formula is C28H29F6N5O4. The molecule has 232 valence electrons. The molecule has 3 aromatic rings. The minimum absolute atomic E-state index is 0.247. The molecule has 2 aliphatic heterocycles. The lowest BCUT2D eigenvalue weighted by Crippen LogP contribution is -2.43. The van der Waals surface area contributed by atoms with Crippen LogP contribution in [0.3, 0.4) is 0 Å². The zero-order valence-corrected chi connectivity index (χ0v) is 23.4. The lowest BCUT2D eigenvalue weighted by Gasteiger charge is -2.29. The van der Waals surface area contributed by atoms with Gasteiger partial charge in [-0.25, -0.2) is 9.78 Å². The van der Waals surface area contributed by atoms with Crippen molar-refractivity contribution in [1.29, 1.82) is 0 Å². The summed E-state index contributed by atoms with van der Waals surface area (Å²) in [6.07, 6.45) is -9.04. The summed E-state index contributed by atoms with van der Waals surface area (Å²) < 4.78 is 97.4. The van der Waals surface area contributed by atoms with Crippen LogP contribution >= 0.6 is 0 Å². The van der Waals surface area contributed by atoms with Crippen LogP contribution in [0.1, 0.15) is 69.0 Å². The van der Waals surface area contributed by atoms with Crippen molar-refractivity contribution < 1.29 is 45.4 Å². The van der Waals surface area contributed by atoms with E-state index in [1.54, 1.807) is 6.07 Å². The lowest BCUT2D eigenvalue weighted by molar-refractivity contribution is -0.255. The molecule has 2 aliphatic rings. The number of benzene rings is 1. The maximum atomic E-state index is 14.5. The Kier molecular flexibility index (Phi) is 7.60. The fraction of sp³-hybridized carbons (Fsp3) is 0.500. The number of nitrogens with one attached hydrogen (secondary N) is 1. The van der Waals surface area contributed by atoms with Gasteiger partial charge in [0.05, 0.1) is 5.69 Å². The summed E-state index contributed by atoms with van der Waals surface area (Å²) in [5.74, 6) is -2.51. The van der Waals surface area contributed by atoms with Gasteiger partial charge < -0.3 is 19.2 Å². The largest absolute Gasteiger partial charge is 0.444 e. The van der Waals surface area contributed by atoms with E-state index >= 15 is 0 Å². The van der Waals surface area contributed by atoms with Crippen LogP contribution in [0.2, 0.25) is 0 Å². The number of nitrogens with zero attached hydrogens (tertiary/aromatic N) is 4. The summed E-state index contributed by atoms with van der Waals surface area (Å²) in [5.41, 5.74) is -7.14. The summed E-state index contributed by atoms with van der Waals surface area (Å²) in [4.78, 5) is 18.3. The molecule has 1 unspecified atom stereocenters. The van der Waals surface area contributed by atoms with Crippen molar-refractivity contribution in [2.45, 2.75) is 82.5 Å². The second-order valence-corrected chi connectivity index (χ2v) is 11.6. The van der Waals surface area contributed by atoms with Gasteiger partial charge >= 0.3 is 18.4 Å². The van der Waals surface area contributed by atoms with Crippen molar-refractivity contribution in [3.8, 4) is 11.6 Å². The third kappa shape index (κ3) is 5.99. The van der Waals surface area contributed by atoms with Gasteiger partial charge in [-0.05, 0) is 64.5 Å². The van der Waals surface area contributed by atoms with Gasteiger partial charge in [-0.2, -0.15) is 26.3 Å². The number of amides is 1. The number of halogens is 6. The topological polar surface area (TPSA) is 114 Å². The Labute approximate surface area is 242 Å². The number of anilines is 2. The smallest absolute Gasteiger partial charge is 0.430 e. The van der Waals surface area contributed by atoms with Crippen LogP contribution in [0.15, 0.2) is 34.7 Å². The third-order valence-electron chi connectivity index (χ3n) is 7.29. The summed E-state index contributed by atoms with van der Waals surface area (Å²) >= 11 is 0. The molecule has 6 bridgehead atoms. The van der Waals surface area contributed by atoms with Crippen molar-refractivity contribution in [2.24, 2.45) is 0 Å². The first-order valence-electron chi connectivity index (χ1n) is 13.6. The summed E-state index contributed by atoms with van der Waals surface area (Å²) in [5, 5.41) is 20.4. The zero-order chi connectivity index (χ0) is 31.4. The molecule has 5 rings (SSSR count). The number of aryl methyl sites for hydroxylation is 1. The predicted octanol–water partition coefficient (Wildman–Crippen LogP) is 6.60. The molecule has 2 atom stereocenters. The number of hydrogen-bond donors (Lipinski definition) is 2. The van der Waals surface area contributed by atoms with Gasteiger partial charge in [-0.1, -0.05) is 24.3 Å². The third-order valence-corrected chi connectivity index (χ3v) is 7.29. The molecule has 15 heteroatoms. The fourth-order valence-corrected chi connectivity index (χ4v) is 5.38. The molecule has 9 nitrogen and oxygen atoms in total. The minimum atomic E-state index is -5.33. The van der Waals surface area contributed by atoms with E-state index in [4.69, 9.17) is 9.15 Å². The van der Waals surface area contributed by atoms with Crippen molar-refractivity contribution in [3.05, 3.63) is 52.9 Å². The molecule has 0 radical (unpaired) electrons. The van der Waals surface area contributed by atoms with Crippen LogP contribution in [0.5, 0.6) is 0 Å². The minimum Gasteiger partial charge on any atom is -0.444 e. The average Bonchev–Trinajstić information content (AvgIpc) is 3.56. The van der Waals surface area contributed by atoms with E-state index in [1.807, 2.05) is 0 Å². The van der Waals surface area contributed by atoms with Gasteiger partial charge in [0, 0.05) is 18.2 Å². The highest BCUT2D eigenvalue weighted by Crippen LogP contribution is 2.46. The highest BCUT2D eigenvalue weighted by molar-refractivity contribution is 5.90. The molecule has 2 aromatic heterocycles. The lowest BCUT2D eigenvalue weighted by atomic mass is 9.90. The number of ether oxygens (including phenoxy) is 1. The molecule has 4 heterocycles. The van der Waals surface area contributed by atoms with Crippen molar-refractivity contribution >= 4 is 17.6 Å². The Hall–Kier alpha value is -3.88. The Balaban J connectivity index is 1.76. The van der Waals surface area contributed by atoms with Crippen molar-refractivity contribution in [1.82, 2.24) is 15.2 Å². The second-order valence-electron chi connectivity index (χ2n) is 11.6. The van der Waals surface area contributed by atoms with Crippen molar-refractivity contribution in [2.75, 3.05) is 16.8 Å². The molecule has 1 aromatic carbocycles. The van der Waals surface area contributed by atoms with Crippen LogP contribution in [0.4, 0.5) is 42.6 Å². The molecule has 0 saturated carbocycles. The molecule has 0 spiro atoms. The number of carbonyl (C=O) groups is 1. The number of fused-ring (bicyclic) bond motifs is 9. The first-order valence-corrected chi connectivity index (χ1v) is 13.6. The van der Waals surface area contributed by atoms with Crippen LogP contribution in [0.25, 0.3) is 11.6 Å². The van der Waals surface area contributed by atoms with E-state index in [0.717, 1.165) is 6.07 Å². The summed E-state index contributed by atoms with van der Waals surface area (Å²) in [7, 11) is 0. The Morgan fingerprint density at radius 1 is 1.09 bits per heavy atom. The van der Waals surface area contributed by atoms with E-state index in [9.17, 15) is 36.2 Å². The zero-order valence-electron chi connectivity index (χ0n) is 23.4. The monoisotopic (exact) mass is 613 g/mol. The Morgan fingerprint density at radius 3 is 2.49 bits per heavy atom. The van der Waals surface area contributed by atoms with Gasteiger partial charge in [0.15, 0.2) is 5.69 Å². The van der Waals surface area contributed by atoms with Crippen LogP contribution in [-0.4, -0.2) is 50.7 Å². The normalized spacial score (nSPS) is 21.1. The molecule has 43 heavy (non-hydrogen) atoms. The second kappa shape index (κ2) is 10.7. The number of carbonyl (C=O) groups excluding carboxylic acids is 1. The van der Waals surface area contributed by atoms with E-state index in [-0.39, 0.29) is 12.6 Å². The molecule has 1 amide bonds. The van der Waals surface area contributed by atoms with E-state index in [2.05, 4.69) is 20.5 Å². The molecule has 1 saturated heterocycles. The van der Waals surface area contributed by atoms with Gasteiger partial charge in [-0.15, -0.1) is 10.2 Å². The standard InChI is InChI=1S/C28H29F6N5O4/c1-25(2,3)43-24(40)35-19-14-18(27(29,30)31)21-36-20(19)22-37-38-23(42-22)26(41,28(32,33)34)16-9-4-7-15(13-16)8-5-10-17-11-6-12-39(17)21/h4,7,9,13-14,17,41H,5-6,8,10-12H2,1-3H3,(H,35,40)/t17-,26?/m1/s1. The van der Waals surface area contributed by atoms with Crippen LogP contribution in [-0.2, 0) is 22.9 Å². The van der Waals surface area contributed by atoms with Gasteiger partial charge in [0.2, 0.25) is 0 Å². The first kappa shape index (κ1) is 30.6. The molecule has 0 aliphatic carbocycles. The molecule has 1 fully saturated rings. The fourth-order valence-electron chi connectivity index (χ4n) is 5.38.